The minimum Gasteiger partial charge on any atom is -0.371 e. The lowest BCUT2D eigenvalue weighted by atomic mass is 10.1. The Morgan fingerprint density at radius 2 is 2.08 bits per heavy atom. The molecule has 2 aromatic rings. The number of thiophene rings is 1. The fourth-order valence-electron chi connectivity index (χ4n) is 3.40. The van der Waals surface area contributed by atoms with Gasteiger partial charge in [-0.3, -0.25) is 4.79 Å². The molecule has 0 saturated carbocycles. The Balaban J connectivity index is 1.40. The Morgan fingerprint density at radius 1 is 1.25 bits per heavy atom. The van der Waals surface area contributed by atoms with E-state index in [0.717, 1.165) is 32.5 Å². The third kappa shape index (κ3) is 4.60. The molecule has 1 amide bonds. The zero-order chi connectivity index (χ0) is 16.8. The molecule has 0 aliphatic carbocycles. The van der Waals surface area contributed by atoms with E-state index in [0.29, 0.717) is 12.3 Å². The quantitative estimate of drug-likeness (QED) is 0.758. The van der Waals surface area contributed by atoms with Crippen LogP contribution >= 0.6 is 11.3 Å². The minimum absolute atomic E-state index is 0.282. The zero-order valence-electron chi connectivity index (χ0n) is 14.4. The summed E-state index contributed by atoms with van der Waals surface area (Å²) in [5, 5.41) is 2.10. The molecule has 2 heterocycles. The van der Waals surface area contributed by atoms with E-state index in [9.17, 15) is 4.79 Å². The fraction of sp³-hybridized carbons (Fsp3) is 0.450. The average Bonchev–Trinajstić information content (AvgIpc) is 3.27. The number of carbonyl (C=O) groups excluding carboxylic acids is 1. The lowest BCUT2D eigenvalue weighted by Crippen LogP contribution is -2.33. The molecule has 3 rings (SSSR count). The van der Waals surface area contributed by atoms with Crippen molar-refractivity contribution >= 4 is 22.9 Å². The highest BCUT2D eigenvalue weighted by Crippen LogP contribution is 2.24. The summed E-state index contributed by atoms with van der Waals surface area (Å²) in [5.74, 6) is 0.862. The number of amides is 1. The third-order valence-electron chi connectivity index (χ3n) is 4.76. The van der Waals surface area contributed by atoms with Gasteiger partial charge in [0.2, 0.25) is 5.91 Å². The Kier molecular flexibility index (Phi) is 5.91. The van der Waals surface area contributed by atoms with E-state index in [1.165, 1.54) is 17.0 Å². The highest BCUT2D eigenvalue weighted by atomic mass is 32.1. The normalized spacial score (nSPS) is 17.2. The van der Waals surface area contributed by atoms with Crippen LogP contribution in [0.2, 0.25) is 0 Å². The summed E-state index contributed by atoms with van der Waals surface area (Å²) in [7, 11) is 1.96. The summed E-state index contributed by atoms with van der Waals surface area (Å²) in [4.78, 5) is 18.1. The van der Waals surface area contributed by atoms with Crippen LogP contribution in [0.25, 0.3) is 0 Å². The zero-order valence-corrected chi connectivity index (χ0v) is 15.2. The molecule has 0 radical (unpaired) electrons. The van der Waals surface area contributed by atoms with Crippen molar-refractivity contribution in [3.63, 3.8) is 0 Å². The average molecular weight is 343 g/mol. The number of carbonyl (C=O) groups is 1. The maximum absolute atomic E-state index is 12.3. The molecule has 1 fully saturated rings. The van der Waals surface area contributed by atoms with Crippen LogP contribution in [0.4, 0.5) is 5.69 Å². The van der Waals surface area contributed by atoms with Gasteiger partial charge in [0.25, 0.3) is 0 Å². The highest BCUT2D eigenvalue weighted by molar-refractivity contribution is 7.09. The second kappa shape index (κ2) is 8.34. The Labute approximate surface area is 148 Å². The molecule has 1 aliphatic heterocycles. The topological polar surface area (TPSA) is 23.6 Å². The standard InChI is InChI=1S/C20H26N2OS/c1-21(20(23)11-5-9-19-10-6-14-24-19)15-17-12-13-22(16-17)18-7-3-2-4-8-18/h2-4,6-8,10,14,17H,5,9,11-13,15-16H2,1H3. The molecule has 128 valence electrons. The van der Waals surface area contributed by atoms with Crippen molar-refractivity contribution in [3.8, 4) is 0 Å². The van der Waals surface area contributed by atoms with Crippen molar-refractivity contribution in [2.45, 2.75) is 25.7 Å². The molecule has 1 aliphatic rings. The van der Waals surface area contributed by atoms with Crippen molar-refractivity contribution in [3.05, 3.63) is 52.7 Å². The number of para-hydroxylation sites is 1. The van der Waals surface area contributed by atoms with Crippen molar-refractivity contribution in [1.82, 2.24) is 4.90 Å². The SMILES string of the molecule is CN(CC1CCN(c2ccccc2)C1)C(=O)CCCc1cccs1. The first-order chi connectivity index (χ1) is 11.7. The number of rotatable bonds is 7. The summed E-state index contributed by atoms with van der Waals surface area (Å²) >= 11 is 1.78. The van der Waals surface area contributed by atoms with E-state index in [1.807, 2.05) is 11.9 Å². The molecule has 4 heteroatoms. The highest BCUT2D eigenvalue weighted by Gasteiger charge is 2.24. The van der Waals surface area contributed by atoms with Gasteiger partial charge >= 0.3 is 0 Å². The molecule has 1 unspecified atom stereocenters. The number of hydrogen-bond donors (Lipinski definition) is 0. The lowest BCUT2D eigenvalue weighted by Gasteiger charge is -2.22. The summed E-state index contributed by atoms with van der Waals surface area (Å²) in [5.41, 5.74) is 1.30. The number of benzene rings is 1. The molecule has 1 saturated heterocycles. The smallest absolute Gasteiger partial charge is 0.222 e. The number of aryl methyl sites for hydroxylation is 1. The van der Waals surface area contributed by atoms with Gasteiger partial charge in [0.05, 0.1) is 0 Å². The number of anilines is 1. The van der Waals surface area contributed by atoms with Gasteiger partial charge in [0, 0.05) is 43.7 Å². The van der Waals surface area contributed by atoms with E-state index in [4.69, 9.17) is 0 Å². The van der Waals surface area contributed by atoms with Crippen LogP contribution in [0.3, 0.4) is 0 Å². The molecule has 0 N–H and O–H groups in total. The van der Waals surface area contributed by atoms with E-state index < -0.39 is 0 Å². The summed E-state index contributed by atoms with van der Waals surface area (Å²) in [6.45, 7) is 3.02. The van der Waals surface area contributed by atoms with Crippen molar-refractivity contribution in [2.24, 2.45) is 5.92 Å². The van der Waals surface area contributed by atoms with Crippen LogP contribution in [0.5, 0.6) is 0 Å². The Hall–Kier alpha value is -1.81. The molecular formula is C20H26N2OS. The largest absolute Gasteiger partial charge is 0.371 e. The van der Waals surface area contributed by atoms with Gasteiger partial charge in [-0.15, -0.1) is 11.3 Å². The summed E-state index contributed by atoms with van der Waals surface area (Å²) in [6.07, 6.45) is 3.79. The molecule has 1 aromatic heterocycles. The van der Waals surface area contributed by atoms with Gasteiger partial charge in [-0.2, -0.15) is 0 Å². The monoisotopic (exact) mass is 342 g/mol. The van der Waals surface area contributed by atoms with Crippen LogP contribution in [0, 0.1) is 5.92 Å². The molecule has 1 aromatic carbocycles. The van der Waals surface area contributed by atoms with E-state index in [1.54, 1.807) is 11.3 Å². The fourth-order valence-corrected chi connectivity index (χ4v) is 4.15. The van der Waals surface area contributed by atoms with Gasteiger partial charge in [-0.05, 0) is 48.8 Å². The second-order valence-electron chi connectivity index (χ2n) is 6.64. The first-order valence-corrected chi connectivity index (χ1v) is 9.66. The van der Waals surface area contributed by atoms with Gasteiger partial charge in [0.1, 0.15) is 0 Å². The second-order valence-corrected chi connectivity index (χ2v) is 7.68. The molecular weight excluding hydrogens is 316 g/mol. The van der Waals surface area contributed by atoms with Gasteiger partial charge in [0.15, 0.2) is 0 Å². The van der Waals surface area contributed by atoms with Crippen LogP contribution in [-0.2, 0) is 11.2 Å². The molecule has 0 bridgehead atoms. The first kappa shape index (κ1) is 17.0. The van der Waals surface area contributed by atoms with Crippen molar-refractivity contribution in [1.29, 1.82) is 0 Å². The number of hydrogen-bond acceptors (Lipinski definition) is 3. The molecule has 0 spiro atoms. The van der Waals surface area contributed by atoms with Gasteiger partial charge in [-0.25, -0.2) is 0 Å². The summed E-state index contributed by atoms with van der Waals surface area (Å²) < 4.78 is 0. The third-order valence-corrected chi connectivity index (χ3v) is 5.70. The first-order valence-electron chi connectivity index (χ1n) is 8.78. The minimum atomic E-state index is 0.282. The molecule has 24 heavy (non-hydrogen) atoms. The van der Waals surface area contributed by atoms with Gasteiger partial charge in [-0.1, -0.05) is 24.3 Å². The summed E-state index contributed by atoms with van der Waals surface area (Å²) in [6, 6.07) is 14.8. The van der Waals surface area contributed by atoms with Crippen LogP contribution in [0.15, 0.2) is 47.8 Å². The predicted octanol–water partition coefficient (Wildman–Crippen LogP) is 4.06. The van der Waals surface area contributed by atoms with Crippen LogP contribution < -0.4 is 4.90 Å². The van der Waals surface area contributed by atoms with E-state index in [2.05, 4.69) is 52.7 Å². The number of nitrogens with zero attached hydrogens (tertiary/aromatic N) is 2. The maximum Gasteiger partial charge on any atom is 0.222 e. The van der Waals surface area contributed by atoms with E-state index >= 15 is 0 Å². The van der Waals surface area contributed by atoms with Crippen molar-refractivity contribution in [2.75, 3.05) is 31.6 Å². The maximum atomic E-state index is 12.3. The van der Waals surface area contributed by atoms with Gasteiger partial charge < -0.3 is 9.80 Å². The van der Waals surface area contributed by atoms with Crippen LogP contribution in [0.1, 0.15) is 24.1 Å². The predicted molar refractivity (Wildman–Crippen MR) is 102 cm³/mol. The van der Waals surface area contributed by atoms with E-state index in [-0.39, 0.29) is 5.91 Å². The molecule has 3 nitrogen and oxygen atoms in total. The lowest BCUT2D eigenvalue weighted by molar-refractivity contribution is -0.130. The molecule has 1 atom stereocenters. The van der Waals surface area contributed by atoms with Crippen molar-refractivity contribution < 1.29 is 4.79 Å². The Morgan fingerprint density at radius 3 is 2.83 bits per heavy atom. The Bertz CT molecular complexity index is 626. The van der Waals surface area contributed by atoms with Crippen LogP contribution in [-0.4, -0.2) is 37.5 Å².